The van der Waals surface area contributed by atoms with Crippen LogP contribution in [-0.4, -0.2) is 29.7 Å². The van der Waals surface area contributed by atoms with Gasteiger partial charge < -0.3 is 4.79 Å². The van der Waals surface area contributed by atoms with E-state index in [-0.39, 0.29) is 11.6 Å². The standard InChI is InChI=1S/C8H8ClF3N2O/c1-5-6(9)4-7(8(10,11)12)13-14(5)2-3-15/h3H,2,4H2,1H3. The molecule has 3 nitrogen and oxygen atoms in total. The van der Waals surface area contributed by atoms with E-state index in [0.29, 0.717) is 12.0 Å². The molecule has 0 aromatic rings. The molecule has 1 heterocycles. The SMILES string of the molecule is CC1=C(Cl)CC(C(F)(F)F)=NN1CC=O. The Morgan fingerprint density at radius 3 is 2.67 bits per heavy atom. The molecule has 0 N–H and O–H groups in total. The van der Waals surface area contributed by atoms with Gasteiger partial charge in [-0.3, -0.25) is 5.01 Å². The Bertz CT molecular complexity index is 335. The fourth-order valence-electron chi connectivity index (χ4n) is 1.08. The third-order valence-corrected chi connectivity index (χ3v) is 2.33. The number of halogens is 4. The van der Waals surface area contributed by atoms with E-state index in [9.17, 15) is 18.0 Å². The number of carbonyl (C=O) groups excluding carboxylic acids is 1. The molecule has 0 radical (unpaired) electrons. The van der Waals surface area contributed by atoms with Crippen LogP contribution >= 0.6 is 11.6 Å². The van der Waals surface area contributed by atoms with Crippen molar-refractivity contribution in [3.63, 3.8) is 0 Å². The van der Waals surface area contributed by atoms with Gasteiger partial charge in [0.1, 0.15) is 12.0 Å². The van der Waals surface area contributed by atoms with E-state index >= 15 is 0 Å². The van der Waals surface area contributed by atoms with Crippen molar-refractivity contribution in [1.82, 2.24) is 5.01 Å². The lowest BCUT2D eigenvalue weighted by Gasteiger charge is -2.25. The quantitative estimate of drug-likeness (QED) is 0.694. The summed E-state index contributed by atoms with van der Waals surface area (Å²) in [6.45, 7) is 1.28. The van der Waals surface area contributed by atoms with Gasteiger partial charge in [0, 0.05) is 17.2 Å². The predicted molar refractivity (Wildman–Crippen MR) is 49.4 cm³/mol. The van der Waals surface area contributed by atoms with Gasteiger partial charge in [-0.05, 0) is 6.92 Å². The molecule has 0 fully saturated rings. The largest absolute Gasteiger partial charge is 0.431 e. The van der Waals surface area contributed by atoms with Crippen molar-refractivity contribution in [2.24, 2.45) is 5.10 Å². The Morgan fingerprint density at radius 1 is 1.60 bits per heavy atom. The third kappa shape index (κ3) is 2.71. The molecule has 0 aromatic heterocycles. The molecule has 0 amide bonds. The summed E-state index contributed by atoms with van der Waals surface area (Å²) in [4.78, 5) is 10.2. The summed E-state index contributed by atoms with van der Waals surface area (Å²) in [6, 6.07) is 0. The maximum Gasteiger partial charge on any atom is 0.431 e. The van der Waals surface area contributed by atoms with Gasteiger partial charge >= 0.3 is 6.18 Å². The van der Waals surface area contributed by atoms with Crippen LogP contribution in [-0.2, 0) is 4.79 Å². The van der Waals surface area contributed by atoms with Crippen molar-refractivity contribution in [2.75, 3.05) is 6.54 Å². The number of hydrazone groups is 1. The van der Waals surface area contributed by atoms with Crippen molar-refractivity contribution in [1.29, 1.82) is 0 Å². The van der Waals surface area contributed by atoms with E-state index in [1.165, 1.54) is 6.92 Å². The van der Waals surface area contributed by atoms with E-state index in [2.05, 4.69) is 5.10 Å². The van der Waals surface area contributed by atoms with Gasteiger partial charge in [-0.15, -0.1) is 0 Å². The second kappa shape index (κ2) is 4.22. The van der Waals surface area contributed by atoms with Crippen LogP contribution in [0.15, 0.2) is 15.8 Å². The minimum atomic E-state index is -4.51. The van der Waals surface area contributed by atoms with E-state index in [0.717, 1.165) is 5.01 Å². The fraction of sp³-hybridized carbons (Fsp3) is 0.500. The molecule has 0 saturated heterocycles. The Hall–Kier alpha value is -1.04. The van der Waals surface area contributed by atoms with E-state index < -0.39 is 18.3 Å². The average molecular weight is 241 g/mol. The Labute approximate surface area is 89.2 Å². The molecule has 1 rings (SSSR count). The highest BCUT2D eigenvalue weighted by Gasteiger charge is 2.38. The van der Waals surface area contributed by atoms with Crippen LogP contribution in [0.2, 0.25) is 0 Å². The Balaban J connectivity index is 2.98. The molecule has 0 saturated carbocycles. The zero-order valence-corrected chi connectivity index (χ0v) is 8.56. The van der Waals surface area contributed by atoms with Crippen LogP contribution in [0.4, 0.5) is 13.2 Å². The molecule has 0 spiro atoms. The van der Waals surface area contributed by atoms with Crippen LogP contribution < -0.4 is 0 Å². The topological polar surface area (TPSA) is 32.7 Å². The lowest BCUT2D eigenvalue weighted by atomic mass is 10.2. The normalized spacial score (nSPS) is 17.9. The molecule has 1 aliphatic heterocycles. The van der Waals surface area contributed by atoms with Crippen molar-refractivity contribution in [3.05, 3.63) is 10.7 Å². The van der Waals surface area contributed by atoms with Crippen LogP contribution in [0, 0.1) is 0 Å². The molecular formula is C8H8ClF3N2O. The van der Waals surface area contributed by atoms with Crippen molar-refractivity contribution in [3.8, 4) is 0 Å². The number of hydrogen-bond donors (Lipinski definition) is 0. The van der Waals surface area contributed by atoms with Gasteiger partial charge in [-0.25, -0.2) is 0 Å². The first kappa shape index (κ1) is 12.0. The number of hydrogen-bond acceptors (Lipinski definition) is 3. The second-order valence-corrected chi connectivity index (χ2v) is 3.42. The summed E-state index contributed by atoms with van der Waals surface area (Å²) in [5.74, 6) is 0. The highest BCUT2D eigenvalue weighted by Crippen LogP contribution is 2.30. The van der Waals surface area contributed by atoms with Crippen LogP contribution in [0.3, 0.4) is 0 Å². The maximum atomic E-state index is 12.3. The minimum Gasteiger partial charge on any atom is -0.301 e. The van der Waals surface area contributed by atoms with Gasteiger partial charge in [-0.2, -0.15) is 18.3 Å². The van der Waals surface area contributed by atoms with Gasteiger partial charge in [0.15, 0.2) is 0 Å². The lowest BCUT2D eigenvalue weighted by molar-refractivity contribution is -0.108. The number of aldehydes is 1. The number of allylic oxidation sites excluding steroid dienone is 2. The summed E-state index contributed by atoms with van der Waals surface area (Å²) in [5.41, 5.74) is -0.614. The van der Waals surface area contributed by atoms with Gasteiger partial charge in [-0.1, -0.05) is 11.6 Å². The van der Waals surface area contributed by atoms with Crippen LogP contribution in [0.1, 0.15) is 13.3 Å². The Kier molecular flexibility index (Phi) is 3.38. The van der Waals surface area contributed by atoms with E-state index in [4.69, 9.17) is 11.6 Å². The van der Waals surface area contributed by atoms with Crippen molar-refractivity contribution >= 4 is 23.6 Å². The van der Waals surface area contributed by atoms with Crippen LogP contribution in [0.5, 0.6) is 0 Å². The summed E-state index contributed by atoms with van der Waals surface area (Å²) < 4.78 is 37.0. The molecule has 0 bridgehead atoms. The van der Waals surface area contributed by atoms with E-state index in [1.807, 2.05) is 0 Å². The molecule has 15 heavy (non-hydrogen) atoms. The molecule has 1 aliphatic rings. The number of carbonyl (C=O) groups is 1. The molecule has 7 heteroatoms. The summed E-state index contributed by atoms with van der Waals surface area (Å²) in [7, 11) is 0. The minimum absolute atomic E-state index is 0.0548. The average Bonchev–Trinajstić information content (AvgIpc) is 2.11. The summed E-state index contributed by atoms with van der Waals surface area (Å²) in [5, 5.41) is 4.33. The molecule has 0 unspecified atom stereocenters. The number of alkyl halides is 3. The van der Waals surface area contributed by atoms with Gasteiger partial charge in [0.25, 0.3) is 0 Å². The van der Waals surface area contributed by atoms with Gasteiger partial charge in [0.2, 0.25) is 0 Å². The monoisotopic (exact) mass is 240 g/mol. The summed E-state index contributed by atoms with van der Waals surface area (Å²) in [6.07, 6.45) is -4.48. The Morgan fingerprint density at radius 2 is 2.20 bits per heavy atom. The highest BCUT2D eigenvalue weighted by molar-refractivity contribution is 6.31. The first-order valence-electron chi connectivity index (χ1n) is 4.07. The van der Waals surface area contributed by atoms with Gasteiger partial charge in [0.05, 0.1) is 6.54 Å². The molecule has 0 aromatic carbocycles. The van der Waals surface area contributed by atoms with Crippen molar-refractivity contribution in [2.45, 2.75) is 19.5 Å². The zero-order valence-electron chi connectivity index (χ0n) is 7.81. The first-order chi connectivity index (χ1) is 6.86. The van der Waals surface area contributed by atoms with E-state index in [1.54, 1.807) is 0 Å². The summed E-state index contributed by atoms with van der Waals surface area (Å²) >= 11 is 5.64. The number of rotatable bonds is 2. The fourth-order valence-corrected chi connectivity index (χ4v) is 1.30. The first-order valence-corrected chi connectivity index (χ1v) is 4.45. The van der Waals surface area contributed by atoms with Crippen molar-refractivity contribution < 1.29 is 18.0 Å². The third-order valence-electron chi connectivity index (χ3n) is 1.92. The molecular weight excluding hydrogens is 233 g/mol. The smallest absolute Gasteiger partial charge is 0.301 e. The highest BCUT2D eigenvalue weighted by atomic mass is 35.5. The number of nitrogens with zero attached hydrogens (tertiary/aromatic N) is 2. The predicted octanol–water partition coefficient (Wildman–Crippen LogP) is 2.28. The molecule has 84 valence electrons. The maximum absolute atomic E-state index is 12.3. The second-order valence-electron chi connectivity index (χ2n) is 2.96. The molecule has 0 aliphatic carbocycles. The zero-order chi connectivity index (χ0) is 11.6. The lowest BCUT2D eigenvalue weighted by Crippen LogP contribution is -2.32. The van der Waals surface area contributed by atoms with Crippen LogP contribution in [0.25, 0.3) is 0 Å². The molecule has 0 atom stereocenters.